The Labute approximate surface area is 251 Å². The number of nitrogens with one attached hydrogen (secondary N) is 1. The van der Waals surface area contributed by atoms with Gasteiger partial charge >= 0.3 is 0 Å². The summed E-state index contributed by atoms with van der Waals surface area (Å²) in [4.78, 5) is 29.2. The number of hydrogen-bond acceptors (Lipinski definition) is 4. The van der Waals surface area contributed by atoms with Gasteiger partial charge in [-0.15, -0.1) is 0 Å². The molecule has 0 aromatic heterocycles. The summed E-state index contributed by atoms with van der Waals surface area (Å²) in [5.41, 5.74) is 0.989. The molecule has 214 valence electrons. The van der Waals surface area contributed by atoms with Gasteiger partial charge in [0.2, 0.25) is 21.8 Å². The molecule has 11 heteroatoms. The van der Waals surface area contributed by atoms with Gasteiger partial charge in [0, 0.05) is 28.5 Å². The van der Waals surface area contributed by atoms with Crippen LogP contribution in [0.2, 0.25) is 15.1 Å². The molecule has 0 aliphatic heterocycles. The minimum absolute atomic E-state index is 0.00926. The Morgan fingerprint density at radius 1 is 0.875 bits per heavy atom. The molecule has 0 heterocycles. The standard InChI is InChI=1S/C29H32Cl3N3O4S/c1-29(2,3)33-28(37)26(16-20-9-6-5-7-10-20)34(18-21-11-8-12-22(30)15-21)27(36)19-35(40(4,38)39)25-17-23(31)13-14-24(25)32/h5-15,17,26H,16,18-19H2,1-4H3,(H,33,37)/t26-/m0/s1. The summed E-state index contributed by atoms with van der Waals surface area (Å²) in [5.74, 6) is -0.982. The Morgan fingerprint density at radius 2 is 1.50 bits per heavy atom. The Balaban J connectivity index is 2.10. The maximum absolute atomic E-state index is 14.1. The molecule has 0 fully saturated rings. The van der Waals surface area contributed by atoms with Crippen LogP contribution in [-0.4, -0.2) is 49.5 Å². The first-order chi connectivity index (χ1) is 18.6. The van der Waals surface area contributed by atoms with Gasteiger partial charge in [-0.1, -0.05) is 77.3 Å². The van der Waals surface area contributed by atoms with Crippen molar-refractivity contribution in [1.29, 1.82) is 0 Å². The summed E-state index contributed by atoms with van der Waals surface area (Å²) < 4.78 is 26.7. The van der Waals surface area contributed by atoms with Crippen molar-refractivity contribution in [1.82, 2.24) is 10.2 Å². The molecule has 7 nitrogen and oxygen atoms in total. The fourth-order valence-corrected chi connectivity index (χ4v) is 5.61. The fraction of sp³-hybridized carbons (Fsp3) is 0.310. The normalized spacial score (nSPS) is 12.5. The molecular formula is C29H32Cl3N3O4S. The molecule has 0 spiro atoms. The van der Waals surface area contributed by atoms with Crippen LogP contribution in [0, 0.1) is 0 Å². The number of halogens is 3. The van der Waals surface area contributed by atoms with E-state index in [9.17, 15) is 18.0 Å². The molecule has 3 rings (SSSR count). The van der Waals surface area contributed by atoms with E-state index in [1.807, 2.05) is 51.1 Å². The number of benzene rings is 3. The largest absolute Gasteiger partial charge is 0.350 e. The Morgan fingerprint density at radius 3 is 2.10 bits per heavy atom. The molecule has 0 saturated heterocycles. The molecule has 0 radical (unpaired) electrons. The predicted molar refractivity (Wildman–Crippen MR) is 162 cm³/mol. The van der Waals surface area contributed by atoms with E-state index in [1.54, 1.807) is 24.3 Å². The van der Waals surface area contributed by atoms with E-state index in [2.05, 4.69) is 5.32 Å². The smallest absolute Gasteiger partial charge is 0.244 e. The Bertz CT molecular complexity index is 1460. The third-order valence-electron chi connectivity index (χ3n) is 5.87. The minimum Gasteiger partial charge on any atom is -0.350 e. The average molecular weight is 625 g/mol. The van der Waals surface area contributed by atoms with Crippen LogP contribution >= 0.6 is 34.8 Å². The Kier molecular flexibility index (Phi) is 10.5. The summed E-state index contributed by atoms with van der Waals surface area (Å²) in [6.07, 6.45) is 1.18. The summed E-state index contributed by atoms with van der Waals surface area (Å²) in [7, 11) is -3.98. The van der Waals surface area contributed by atoms with E-state index in [0.29, 0.717) is 10.6 Å². The van der Waals surface area contributed by atoms with E-state index < -0.39 is 34.1 Å². The van der Waals surface area contributed by atoms with Crippen LogP contribution in [0.4, 0.5) is 5.69 Å². The highest BCUT2D eigenvalue weighted by molar-refractivity contribution is 7.92. The maximum Gasteiger partial charge on any atom is 0.244 e. The van der Waals surface area contributed by atoms with Crippen molar-refractivity contribution in [3.8, 4) is 0 Å². The average Bonchev–Trinajstić information content (AvgIpc) is 2.85. The predicted octanol–water partition coefficient (Wildman–Crippen LogP) is 5.97. The van der Waals surface area contributed by atoms with E-state index in [0.717, 1.165) is 16.1 Å². The van der Waals surface area contributed by atoms with Gasteiger partial charge in [-0.3, -0.25) is 13.9 Å². The molecule has 3 aromatic rings. The monoisotopic (exact) mass is 623 g/mol. The van der Waals surface area contributed by atoms with Crippen LogP contribution in [0.5, 0.6) is 0 Å². The van der Waals surface area contributed by atoms with Gasteiger partial charge in [0.1, 0.15) is 12.6 Å². The lowest BCUT2D eigenvalue weighted by molar-refractivity contribution is -0.140. The molecule has 0 aliphatic carbocycles. The molecule has 0 unspecified atom stereocenters. The quantitative estimate of drug-likeness (QED) is 0.301. The van der Waals surface area contributed by atoms with Crippen LogP contribution < -0.4 is 9.62 Å². The molecule has 2 amide bonds. The third kappa shape index (κ3) is 9.13. The lowest BCUT2D eigenvalue weighted by atomic mass is 10.0. The van der Waals surface area contributed by atoms with Crippen molar-refractivity contribution >= 4 is 62.3 Å². The molecule has 1 N–H and O–H groups in total. The van der Waals surface area contributed by atoms with Crippen molar-refractivity contribution in [3.05, 3.63) is 99.0 Å². The molecule has 3 aromatic carbocycles. The van der Waals surface area contributed by atoms with Crippen LogP contribution in [0.25, 0.3) is 0 Å². The van der Waals surface area contributed by atoms with Gasteiger partial charge in [-0.05, 0) is 62.2 Å². The number of carbonyl (C=O) groups is 2. The zero-order chi connectivity index (χ0) is 29.7. The maximum atomic E-state index is 14.1. The highest BCUT2D eigenvalue weighted by atomic mass is 35.5. The first-order valence-corrected chi connectivity index (χ1v) is 15.4. The number of hydrogen-bond donors (Lipinski definition) is 1. The van der Waals surface area contributed by atoms with Crippen molar-refractivity contribution in [2.45, 2.75) is 45.3 Å². The van der Waals surface area contributed by atoms with E-state index in [4.69, 9.17) is 34.8 Å². The molecule has 0 saturated carbocycles. The van der Waals surface area contributed by atoms with Gasteiger partial charge in [-0.25, -0.2) is 8.42 Å². The summed E-state index contributed by atoms with van der Waals surface area (Å²) in [6, 6.07) is 19.6. The number of sulfonamides is 1. The summed E-state index contributed by atoms with van der Waals surface area (Å²) in [6.45, 7) is 4.95. The first-order valence-electron chi connectivity index (χ1n) is 12.5. The van der Waals surface area contributed by atoms with Gasteiger partial charge < -0.3 is 10.2 Å². The van der Waals surface area contributed by atoms with E-state index >= 15 is 0 Å². The zero-order valence-corrected chi connectivity index (χ0v) is 25.8. The van der Waals surface area contributed by atoms with Crippen molar-refractivity contribution in [2.75, 3.05) is 17.1 Å². The molecule has 40 heavy (non-hydrogen) atoms. The van der Waals surface area contributed by atoms with Crippen molar-refractivity contribution < 1.29 is 18.0 Å². The molecule has 1 atom stereocenters. The zero-order valence-electron chi connectivity index (χ0n) is 22.7. The van der Waals surface area contributed by atoms with Crippen LogP contribution in [0.15, 0.2) is 72.8 Å². The lowest BCUT2D eigenvalue weighted by Gasteiger charge is -2.35. The second kappa shape index (κ2) is 13.3. The molecule has 0 aliphatic rings. The number of nitrogens with zero attached hydrogens (tertiary/aromatic N) is 2. The van der Waals surface area contributed by atoms with Gasteiger partial charge in [-0.2, -0.15) is 0 Å². The minimum atomic E-state index is -3.98. The first kappa shape index (κ1) is 31.7. The van der Waals surface area contributed by atoms with E-state index in [-0.39, 0.29) is 34.6 Å². The van der Waals surface area contributed by atoms with Crippen molar-refractivity contribution in [3.63, 3.8) is 0 Å². The highest BCUT2D eigenvalue weighted by Crippen LogP contribution is 2.31. The Hall–Kier alpha value is -2.78. The summed E-state index contributed by atoms with van der Waals surface area (Å²) in [5, 5.41) is 3.80. The van der Waals surface area contributed by atoms with Crippen LogP contribution in [0.3, 0.4) is 0 Å². The van der Waals surface area contributed by atoms with Crippen LogP contribution in [-0.2, 0) is 32.6 Å². The SMILES string of the molecule is CC(C)(C)NC(=O)[C@H](Cc1ccccc1)N(Cc1cccc(Cl)c1)C(=O)CN(c1cc(Cl)ccc1Cl)S(C)(=O)=O. The lowest BCUT2D eigenvalue weighted by Crippen LogP contribution is -2.56. The highest BCUT2D eigenvalue weighted by Gasteiger charge is 2.34. The number of amides is 2. The third-order valence-corrected chi connectivity index (χ3v) is 7.78. The molecular weight excluding hydrogens is 593 g/mol. The van der Waals surface area contributed by atoms with Gasteiger partial charge in [0.25, 0.3) is 0 Å². The number of rotatable bonds is 10. The fourth-order valence-electron chi connectivity index (χ4n) is 4.11. The van der Waals surface area contributed by atoms with Crippen LogP contribution in [0.1, 0.15) is 31.9 Å². The van der Waals surface area contributed by atoms with Gasteiger partial charge in [0.15, 0.2) is 0 Å². The molecule has 0 bridgehead atoms. The van der Waals surface area contributed by atoms with Crippen molar-refractivity contribution in [2.24, 2.45) is 0 Å². The second-order valence-electron chi connectivity index (χ2n) is 10.5. The topological polar surface area (TPSA) is 86.8 Å². The van der Waals surface area contributed by atoms with E-state index in [1.165, 1.54) is 23.1 Å². The number of anilines is 1. The summed E-state index contributed by atoms with van der Waals surface area (Å²) >= 11 is 18.7. The number of carbonyl (C=O) groups excluding carboxylic acids is 2. The second-order valence-corrected chi connectivity index (χ2v) is 13.6. The van der Waals surface area contributed by atoms with Gasteiger partial charge in [0.05, 0.1) is 17.0 Å².